The summed E-state index contributed by atoms with van der Waals surface area (Å²) >= 11 is 0. The van der Waals surface area contributed by atoms with E-state index in [0.29, 0.717) is 19.3 Å². The summed E-state index contributed by atoms with van der Waals surface area (Å²) in [7, 11) is 0. The summed E-state index contributed by atoms with van der Waals surface area (Å²) < 4.78 is 5.56. The van der Waals surface area contributed by atoms with E-state index in [1.54, 1.807) is 0 Å². The zero-order valence-electron chi connectivity index (χ0n) is 19.2. The smallest absolute Gasteiger partial charge is 0.407 e. The molecule has 3 rings (SSSR count). The molecule has 7 heteroatoms. The SMILES string of the molecule is CCCC(CC(=O)O)NC(=O)[C@H](CCC)NC(=O)OCC1c2ccccc2-c2ccccc21. The summed E-state index contributed by atoms with van der Waals surface area (Å²) in [5.74, 6) is -1.42. The van der Waals surface area contributed by atoms with Gasteiger partial charge in [-0.3, -0.25) is 9.59 Å². The number of hydrogen-bond donors (Lipinski definition) is 3. The Kier molecular flexibility index (Phi) is 8.46. The summed E-state index contributed by atoms with van der Waals surface area (Å²) in [6.07, 6.45) is 1.61. The molecule has 0 aromatic heterocycles. The van der Waals surface area contributed by atoms with Crippen LogP contribution in [0.3, 0.4) is 0 Å². The zero-order valence-corrected chi connectivity index (χ0v) is 19.2. The Hall–Kier alpha value is -3.35. The van der Waals surface area contributed by atoms with E-state index in [-0.39, 0.29) is 24.9 Å². The van der Waals surface area contributed by atoms with Crippen molar-refractivity contribution in [3.8, 4) is 11.1 Å². The molecule has 7 nitrogen and oxygen atoms in total. The fourth-order valence-electron chi connectivity index (χ4n) is 4.43. The van der Waals surface area contributed by atoms with E-state index in [1.165, 1.54) is 0 Å². The van der Waals surface area contributed by atoms with Crippen LogP contribution in [0, 0.1) is 0 Å². The predicted octanol–water partition coefficient (Wildman–Crippen LogP) is 4.45. The Morgan fingerprint density at radius 1 is 0.909 bits per heavy atom. The minimum Gasteiger partial charge on any atom is -0.481 e. The molecule has 0 radical (unpaired) electrons. The second-order valence-corrected chi connectivity index (χ2v) is 8.40. The van der Waals surface area contributed by atoms with E-state index in [0.717, 1.165) is 28.7 Å². The van der Waals surface area contributed by atoms with E-state index in [2.05, 4.69) is 22.8 Å². The average molecular weight is 453 g/mol. The molecule has 0 heterocycles. The predicted molar refractivity (Wildman–Crippen MR) is 126 cm³/mol. The Bertz CT molecular complexity index is 945. The zero-order chi connectivity index (χ0) is 23.8. The maximum atomic E-state index is 12.7. The van der Waals surface area contributed by atoms with Crippen molar-refractivity contribution in [1.29, 1.82) is 0 Å². The first kappa shape index (κ1) is 24.3. The number of amides is 2. The van der Waals surface area contributed by atoms with Gasteiger partial charge in [0.05, 0.1) is 6.42 Å². The highest BCUT2D eigenvalue weighted by atomic mass is 16.5. The minimum atomic E-state index is -0.967. The van der Waals surface area contributed by atoms with Gasteiger partial charge in [0.25, 0.3) is 0 Å². The van der Waals surface area contributed by atoms with Crippen molar-refractivity contribution >= 4 is 18.0 Å². The number of carbonyl (C=O) groups excluding carboxylic acids is 2. The van der Waals surface area contributed by atoms with Gasteiger partial charge in [0.2, 0.25) is 5.91 Å². The minimum absolute atomic E-state index is 0.0638. The van der Waals surface area contributed by atoms with Crippen molar-refractivity contribution < 1.29 is 24.2 Å². The molecule has 33 heavy (non-hydrogen) atoms. The average Bonchev–Trinajstić information content (AvgIpc) is 3.11. The Balaban J connectivity index is 1.62. The molecule has 0 saturated carbocycles. The number of benzene rings is 2. The van der Waals surface area contributed by atoms with Crippen LogP contribution in [0.4, 0.5) is 4.79 Å². The molecule has 176 valence electrons. The van der Waals surface area contributed by atoms with E-state index in [9.17, 15) is 14.4 Å². The third-order valence-electron chi connectivity index (χ3n) is 5.93. The Morgan fingerprint density at radius 3 is 2.03 bits per heavy atom. The molecule has 0 spiro atoms. The molecule has 2 amide bonds. The summed E-state index contributed by atoms with van der Waals surface area (Å²) in [6, 6.07) is 14.9. The number of rotatable bonds is 11. The molecule has 2 atom stereocenters. The lowest BCUT2D eigenvalue weighted by Crippen LogP contribution is -2.50. The third-order valence-corrected chi connectivity index (χ3v) is 5.93. The summed E-state index contributed by atoms with van der Waals surface area (Å²) in [5, 5.41) is 14.5. The first-order valence-electron chi connectivity index (χ1n) is 11.6. The van der Waals surface area contributed by atoms with E-state index in [1.807, 2.05) is 50.2 Å². The van der Waals surface area contributed by atoms with Gasteiger partial charge in [0.1, 0.15) is 12.6 Å². The summed E-state index contributed by atoms with van der Waals surface area (Å²) in [6.45, 7) is 4.01. The lowest BCUT2D eigenvalue weighted by Gasteiger charge is -2.22. The molecule has 0 fully saturated rings. The number of carbonyl (C=O) groups is 3. The number of aliphatic carboxylic acids is 1. The standard InChI is InChI=1S/C26H32N2O5/c1-3-9-17(15-24(29)30)27-25(31)23(10-4-2)28-26(32)33-16-22-20-13-7-5-11-18(20)19-12-6-8-14-21(19)22/h5-8,11-14,17,22-23H,3-4,9-10,15-16H2,1-2H3,(H,27,31)(H,28,32)(H,29,30)/t17?,23-/m0/s1. The lowest BCUT2D eigenvalue weighted by molar-refractivity contribution is -0.137. The second kappa shape index (κ2) is 11.5. The Labute approximate surface area is 194 Å². The van der Waals surface area contributed by atoms with E-state index in [4.69, 9.17) is 9.84 Å². The van der Waals surface area contributed by atoms with Gasteiger partial charge in [0, 0.05) is 12.0 Å². The van der Waals surface area contributed by atoms with Crippen molar-refractivity contribution in [2.24, 2.45) is 0 Å². The highest BCUT2D eigenvalue weighted by Gasteiger charge is 2.30. The first-order valence-corrected chi connectivity index (χ1v) is 11.6. The monoisotopic (exact) mass is 452 g/mol. The second-order valence-electron chi connectivity index (χ2n) is 8.40. The van der Waals surface area contributed by atoms with Gasteiger partial charge in [-0.2, -0.15) is 0 Å². The topological polar surface area (TPSA) is 105 Å². The third kappa shape index (κ3) is 6.12. The van der Waals surface area contributed by atoms with Gasteiger partial charge in [0.15, 0.2) is 0 Å². The maximum Gasteiger partial charge on any atom is 0.407 e. The highest BCUT2D eigenvalue weighted by Crippen LogP contribution is 2.44. The molecule has 1 unspecified atom stereocenters. The highest BCUT2D eigenvalue weighted by molar-refractivity contribution is 5.86. The normalized spacial score (nSPS) is 14.0. The molecular formula is C26H32N2O5. The van der Waals surface area contributed by atoms with Crippen LogP contribution in [-0.4, -0.2) is 41.8 Å². The fraction of sp³-hybridized carbons (Fsp3) is 0.423. The summed E-state index contributed by atoms with van der Waals surface area (Å²) in [5.41, 5.74) is 4.52. The van der Waals surface area contributed by atoms with E-state index >= 15 is 0 Å². The maximum absolute atomic E-state index is 12.7. The molecule has 2 aromatic carbocycles. The van der Waals surface area contributed by atoms with Crippen LogP contribution >= 0.6 is 0 Å². The van der Waals surface area contributed by atoms with Crippen molar-refractivity contribution in [3.05, 3.63) is 59.7 Å². The molecular weight excluding hydrogens is 420 g/mol. The molecule has 3 N–H and O–H groups in total. The van der Waals surface area contributed by atoms with Crippen LogP contribution in [0.5, 0.6) is 0 Å². The van der Waals surface area contributed by atoms with Gasteiger partial charge in [-0.25, -0.2) is 4.79 Å². The lowest BCUT2D eigenvalue weighted by atomic mass is 9.98. The van der Waals surface area contributed by atoms with Gasteiger partial charge in [-0.15, -0.1) is 0 Å². The molecule has 1 aliphatic carbocycles. The number of ether oxygens (including phenoxy) is 1. The number of alkyl carbamates (subject to hydrolysis) is 1. The van der Waals surface area contributed by atoms with Crippen LogP contribution < -0.4 is 10.6 Å². The molecule has 2 aromatic rings. The molecule has 1 aliphatic rings. The number of carboxylic acid groups (broad SMARTS) is 1. The molecule has 0 aliphatic heterocycles. The van der Waals surface area contributed by atoms with Crippen LogP contribution in [-0.2, 0) is 14.3 Å². The number of fused-ring (bicyclic) bond motifs is 3. The van der Waals surface area contributed by atoms with Crippen LogP contribution in [0.25, 0.3) is 11.1 Å². The van der Waals surface area contributed by atoms with E-state index < -0.39 is 24.1 Å². The van der Waals surface area contributed by atoms with Crippen LogP contribution in [0.15, 0.2) is 48.5 Å². The van der Waals surface area contributed by atoms with Gasteiger partial charge < -0.3 is 20.5 Å². The van der Waals surface area contributed by atoms with Crippen LogP contribution in [0.1, 0.15) is 63.0 Å². The largest absolute Gasteiger partial charge is 0.481 e. The number of carboxylic acids is 1. The molecule has 0 saturated heterocycles. The first-order chi connectivity index (χ1) is 15.9. The van der Waals surface area contributed by atoms with Gasteiger partial charge in [-0.1, -0.05) is 75.2 Å². The number of hydrogen-bond acceptors (Lipinski definition) is 4. The van der Waals surface area contributed by atoms with Crippen molar-refractivity contribution in [2.45, 2.75) is 64.0 Å². The van der Waals surface area contributed by atoms with Crippen molar-refractivity contribution in [1.82, 2.24) is 10.6 Å². The van der Waals surface area contributed by atoms with Gasteiger partial charge >= 0.3 is 12.1 Å². The Morgan fingerprint density at radius 2 is 1.48 bits per heavy atom. The van der Waals surface area contributed by atoms with Crippen LogP contribution in [0.2, 0.25) is 0 Å². The fourth-order valence-corrected chi connectivity index (χ4v) is 4.43. The quantitative estimate of drug-likeness (QED) is 0.467. The van der Waals surface area contributed by atoms with Crippen molar-refractivity contribution in [3.63, 3.8) is 0 Å². The van der Waals surface area contributed by atoms with Gasteiger partial charge in [-0.05, 0) is 35.1 Å². The van der Waals surface area contributed by atoms with Crippen molar-refractivity contribution in [2.75, 3.05) is 6.61 Å². The molecule has 0 bridgehead atoms. The summed E-state index contributed by atoms with van der Waals surface area (Å²) in [4.78, 5) is 36.4. The number of nitrogens with one attached hydrogen (secondary N) is 2.